The number of ether oxygens (including phenoxy) is 1. The Morgan fingerprint density at radius 1 is 0.970 bits per heavy atom. The molecule has 0 radical (unpaired) electrons. The predicted octanol–water partition coefficient (Wildman–Crippen LogP) is 4.90. The lowest BCUT2D eigenvalue weighted by Gasteiger charge is -2.28. The molecule has 2 amide bonds. The van der Waals surface area contributed by atoms with Crippen molar-refractivity contribution in [2.45, 2.75) is 18.9 Å². The summed E-state index contributed by atoms with van der Waals surface area (Å²) in [5.74, 6) is -0.518. The summed E-state index contributed by atoms with van der Waals surface area (Å²) in [5, 5.41) is 2.43. The van der Waals surface area contributed by atoms with Gasteiger partial charge in [-0.3, -0.25) is 4.79 Å². The van der Waals surface area contributed by atoms with Gasteiger partial charge in [0.25, 0.3) is 0 Å². The minimum absolute atomic E-state index is 0.169. The first kappa shape index (κ1) is 22.9. The zero-order valence-corrected chi connectivity index (χ0v) is 19.4. The maximum Gasteiger partial charge on any atom is 0.416 e. The largest absolute Gasteiger partial charge is 0.447 e. The molecule has 1 aliphatic heterocycles. The van der Waals surface area contributed by atoms with Crippen LogP contribution >= 0.6 is 7.92 Å². The van der Waals surface area contributed by atoms with Crippen molar-refractivity contribution in [3.63, 3.8) is 0 Å². The number of amides is 2. The molecule has 4 nitrogen and oxygen atoms in total. The van der Waals surface area contributed by atoms with E-state index in [0.29, 0.717) is 19.0 Å². The second-order valence-corrected chi connectivity index (χ2v) is 10.4. The fourth-order valence-electron chi connectivity index (χ4n) is 4.21. The van der Waals surface area contributed by atoms with Crippen molar-refractivity contribution in [1.29, 1.82) is 0 Å². The van der Waals surface area contributed by atoms with E-state index < -0.39 is 14.0 Å². The molecule has 0 spiro atoms. The van der Waals surface area contributed by atoms with Gasteiger partial charge in [0.05, 0.1) is 6.04 Å². The lowest BCUT2D eigenvalue weighted by molar-refractivity contribution is -0.132. The van der Waals surface area contributed by atoms with Crippen molar-refractivity contribution >= 4 is 30.5 Å². The van der Waals surface area contributed by atoms with E-state index in [-0.39, 0.29) is 24.5 Å². The van der Waals surface area contributed by atoms with E-state index in [1.54, 1.807) is 6.08 Å². The predicted molar refractivity (Wildman–Crippen MR) is 134 cm³/mol. The van der Waals surface area contributed by atoms with E-state index in [0.717, 1.165) is 5.56 Å². The lowest BCUT2D eigenvalue weighted by Crippen LogP contribution is -2.44. The molecule has 4 rings (SSSR count). The number of rotatable bonds is 9. The van der Waals surface area contributed by atoms with E-state index in [1.807, 2.05) is 66.7 Å². The van der Waals surface area contributed by atoms with Gasteiger partial charge in [0.2, 0.25) is 5.91 Å². The average molecular weight is 458 g/mol. The highest BCUT2D eigenvalue weighted by Crippen LogP contribution is 2.38. The molecule has 0 aromatic heterocycles. The Morgan fingerprint density at radius 3 is 2.06 bits per heavy atom. The molecule has 0 N–H and O–H groups in total. The van der Waals surface area contributed by atoms with Gasteiger partial charge in [-0.25, -0.2) is 9.69 Å². The molecule has 168 valence electrons. The number of imide groups is 1. The number of hydrogen-bond donors (Lipinski definition) is 0. The lowest BCUT2D eigenvalue weighted by atomic mass is 10.0. The van der Waals surface area contributed by atoms with Crippen LogP contribution < -0.4 is 10.6 Å². The molecule has 3 aromatic carbocycles. The quantitative estimate of drug-likeness (QED) is 0.339. The second-order valence-electron chi connectivity index (χ2n) is 8.13. The normalized spacial score (nSPS) is 16.5. The first-order chi connectivity index (χ1) is 16.2. The SMILES string of the molecule is C=CC[C@@H](CP(c1ccccc1)c1ccccc1)C(=O)N1C(=O)OC[C@@H]1Cc1ccccc1. The fourth-order valence-corrected chi connectivity index (χ4v) is 6.74. The maximum atomic E-state index is 13.7. The van der Waals surface area contributed by atoms with Gasteiger partial charge >= 0.3 is 6.09 Å². The highest BCUT2D eigenvalue weighted by molar-refractivity contribution is 7.73. The van der Waals surface area contributed by atoms with Crippen molar-refractivity contribution in [3.8, 4) is 0 Å². The third kappa shape index (κ3) is 5.58. The van der Waals surface area contributed by atoms with E-state index in [4.69, 9.17) is 4.74 Å². The van der Waals surface area contributed by atoms with Gasteiger partial charge < -0.3 is 4.74 Å². The summed E-state index contributed by atoms with van der Waals surface area (Å²) in [7, 11) is -0.773. The maximum absolute atomic E-state index is 13.7. The van der Waals surface area contributed by atoms with Crippen LogP contribution in [0.4, 0.5) is 4.79 Å². The van der Waals surface area contributed by atoms with E-state index in [1.165, 1.54) is 15.5 Å². The van der Waals surface area contributed by atoms with Crippen molar-refractivity contribution in [2.75, 3.05) is 12.8 Å². The fraction of sp³-hybridized carbons (Fsp3) is 0.214. The van der Waals surface area contributed by atoms with Crippen LogP contribution in [0.2, 0.25) is 0 Å². The molecule has 1 saturated heterocycles. The molecule has 0 saturated carbocycles. The number of carbonyl (C=O) groups excluding carboxylic acids is 2. The number of cyclic esters (lactones) is 1. The molecule has 1 heterocycles. The molecule has 33 heavy (non-hydrogen) atoms. The van der Waals surface area contributed by atoms with Crippen LogP contribution in [0.3, 0.4) is 0 Å². The van der Waals surface area contributed by atoms with Crippen LogP contribution in [0.1, 0.15) is 12.0 Å². The zero-order valence-electron chi connectivity index (χ0n) is 18.5. The highest BCUT2D eigenvalue weighted by Gasteiger charge is 2.41. The van der Waals surface area contributed by atoms with Crippen LogP contribution in [-0.4, -0.2) is 35.7 Å². The smallest absolute Gasteiger partial charge is 0.416 e. The van der Waals surface area contributed by atoms with E-state index in [9.17, 15) is 9.59 Å². The summed E-state index contributed by atoms with van der Waals surface area (Å²) < 4.78 is 5.32. The molecule has 0 aliphatic carbocycles. The Kier molecular flexibility index (Phi) is 7.70. The highest BCUT2D eigenvalue weighted by atomic mass is 31.1. The van der Waals surface area contributed by atoms with Crippen LogP contribution in [0.25, 0.3) is 0 Å². The minimum Gasteiger partial charge on any atom is -0.447 e. The van der Waals surface area contributed by atoms with Crippen molar-refractivity contribution in [2.24, 2.45) is 5.92 Å². The molecular weight excluding hydrogens is 429 g/mol. The van der Waals surface area contributed by atoms with Gasteiger partial charge in [0.1, 0.15) is 6.61 Å². The number of carbonyl (C=O) groups is 2. The van der Waals surface area contributed by atoms with Crippen LogP contribution in [0.15, 0.2) is 104 Å². The number of benzene rings is 3. The van der Waals surface area contributed by atoms with Gasteiger partial charge in [-0.05, 0) is 43.1 Å². The Bertz CT molecular complexity index is 1030. The summed E-state index contributed by atoms with van der Waals surface area (Å²) in [6.07, 6.45) is 2.99. The van der Waals surface area contributed by atoms with Crippen LogP contribution in [-0.2, 0) is 16.0 Å². The molecule has 3 aromatic rings. The summed E-state index contributed by atoms with van der Waals surface area (Å²) in [6.45, 7) is 4.12. The molecule has 5 heteroatoms. The number of allylic oxidation sites excluding steroid dienone is 1. The van der Waals surface area contributed by atoms with Gasteiger partial charge in [-0.2, -0.15) is 0 Å². The number of hydrogen-bond acceptors (Lipinski definition) is 3. The third-order valence-electron chi connectivity index (χ3n) is 5.85. The first-order valence-corrected chi connectivity index (χ1v) is 12.7. The van der Waals surface area contributed by atoms with E-state index >= 15 is 0 Å². The van der Waals surface area contributed by atoms with Crippen molar-refractivity contribution in [1.82, 2.24) is 4.90 Å². The van der Waals surface area contributed by atoms with Crippen molar-refractivity contribution < 1.29 is 14.3 Å². The summed E-state index contributed by atoms with van der Waals surface area (Å²) in [4.78, 5) is 27.7. The number of nitrogens with zero attached hydrogens (tertiary/aromatic N) is 1. The average Bonchev–Trinajstić information content (AvgIpc) is 3.22. The van der Waals surface area contributed by atoms with Crippen LogP contribution in [0, 0.1) is 5.92 Å². The molecule has 0 unspecified atom stereocenters. The summed E-state index contributed by atoms with van der Waals surface area (Å²) >= 11 is 0. The standard InChI is InChI=1S/C28H28NO3P/c1-2-12-23(21-33(25-15-8-4-9-16-25)26-17-10-5-11-18-26)27(30)29-24(20-32-28(29)31)19-22-13-6-3-7-14-22/h2-11,13-18,23-24H,1,12,19-21H2/t23-,24-/m0/s1. The molecule has 2 atom stereocenters. The Labute approximate surface area is 196 Å². The molecule has 1 aliphatic rings. The van der Waals surface area contributed by atoms with Gasteiger partial charge in [0.15, 0.2) is 0 Å². The molecular formula is C28H28NO3P. The van der Waals surface area contributed by atoms with Gasteiger partial charge in [-0.15, -0.1) is 6.58 Å². The van der Waals surface area contributed by atoms with Crippen LogP contribution in [0.5, 0.6) is 0 Å². The summed E-state index contributed by atoms with van der Waals surface area (Å²) in [5.41, 5.74) is 1.08. The van der Waals surface area contributed by atoms with Gasteiger partial charge in [-0.1, -0.05) is 97.1 Å². The molecule has 0 bridgehead atoms. The monoisotopic (exact) mass is 457 g/mol. The van der Waals surface area contributed by atoms with E-state index in [2.05, 4.69) is 30.8 Å². The van der Waals surface area contributed by atoms with Gasteiger partial charge in [0, 0.05) is 5.92 Å². The van der Waals surface area contributed by atoms with Crippen molar-refractivity contribution in [3.05, 3.63) is 109 Å². The zero-order chi connectivity index (χ0) is 23.0. The summed E-state index contributed by atoms with van der Waals surface area (Å²) in [6, 6.07) is 30.2. The second kappa shape index (κ2) is 11.1. The Balaban J connectivity index is 1.60. The minimum atomic E-state index is -0.773. The topological polar surface area (TPSA) is 46.6 Å². The first-order valence-electron chi connectivity index (χ1n) is 11.2. The third-order valence-corrected chi connectivity index (χ3v) is 8.50. The Morgan fingerprint density at radius 2 is 1.52 bits per heavy atom. The Hall–Kier alpha value is -3.23. The molecule has 1 fully saturated rings.